The van der Waals surface area contributed by atoms with Gasteiger partial charge in [-0.25, -0.2) is 4.79 Å². The molecule has 0 aliphatic heterocycles. The first-order valence-corrected chi connectivity index (χ1v) is 4.94. The Morgan fingerprint density at radius 3 is 2.80 bits per heavy atom. The molecule has 15 heavy (non-hydrogen) atoms. The highest BCUT2D eigenvalue weighted by Crippen LogP contribution is 2.21. The number of hydrogen-bond acceptors (Lipinski definition) is 4. The van der Waals surface area contributed by atoms with Crippen molar-refractivity contribution in [2.24, 2.45) is 0 Å². The summed E-state index contributed by atoms with van der Waals surface area (Å²) in [5.74, 6) is 0.989. The third kappa shape index (κ3) is 2.83. The fourth-order valence-electron chi connectivity index (χ4n) is 1.42. The number of hydrogen-bond donors (Lipinski definition) is 1. The summed E-state index contributed by atoms with van der Waals surface area (Å²) in [6.07, 6.45) is 0.655. The van der Waals surface area contributed by atoms with Gasteiger partial charge in [-0.05, 0) is 13.3 Å². The van der Waals surface area contributed by atoms with Gasteiger partial charge in [0.15, 0.2) is 0 Å². The van der Waals surface area contributed by atoms with E-state index in [0.717, 1.165) is 5.56 Å². The predicted octanol–water partition coefficient (Wildman–Crippen LogP) is 1.27. The topological polar surface area (TPSA) is 59.7 Å². The lowest BCUT2D eigenvalue weighted by Gasteiger charge is -2.12. The molecule has 0 fully saturated rings. The second-order valence-electron chi connectivity index (χ2n) is 3.43. The molecule has 0 bridgehead atoms. The molecule has 0 amide bonds. The van der Waals surface area contributed by atoms with Crippen LogP contribution in [0.3, 0.4) is 0 Å². The number of rotatable bonds is 4. The van der Waals surface area contributed by atoms with Crippen LogP contribution >= 0.6 is 0 Å². The molecule has 0 aliphatic rings. The van der Waals surface area contributed by atoms with Crippen LogP contribution in [0.15, 0.2) is 15.3 Å². The quantitative estimate of drug-likeness (QED) is 0.816. The molecule has 0 spiro atoms. The van der Waals surface area contributed by atoms with Gasteiger partial charge in [-0.1, -0.05) is 6.92 Å². The lowest BCUT2D eigenvalue weighted by molar-refractivity contribution is 0.168. The van der Waals surface area contributed by atoms with Crippen LogP contribution < -0.4 is 10.4 Å². The standard InChI is InChI=1S/C11H16O4/c1-4-8(12)5-9-7(2)15-11(13)6-10(9)14-3/h6,8,12H,4-5H2,1-3H3. The molecule has 1 unspecified atom stereocenters. The Hall–Kier alpha value is -1.29. The Morgan fingerprint density at radius 1 is 1.60 bits per heavy atom. The molecule has 1 atom stereocenters. The van der Waals surface area contributed by atoms with Gasteiger partial charge in [0.2, 0.25) is 0 Å². The van der Waals surface area contributed by atoms with Gasteiger partial charge >= 0.3 is 5.63 Å². The SMILES string of the molecule is CCC(O)Cc1c(OC)cc(=O)oc1C. The van der Waals surface area contributed by atoms with Crippen molar-refractivity contribution in [2.75, 3.05) is 7.11 Å². The molecule has 0 aromatic carbocycles. The first kappa shape index (κ1) is 11.8. The average Bonchev–Trinajstić information content (AvgIpc) is 2.21. The molecular formula is C11H16O4. The maximum absolute atomic E-state index is 11.1. The van der Waals surface area contributed by atoms with Crippen molar-refractivity contribution >= 4 is 0 Å². The van der Waals surface area contributed by atoms with E-state index in [-0.39, 0.29) is 0 Å². The van der Waals surface area contributed by atoms with Gasteiger partial charge in [-0.15, -0.1) is 0 Å². The van der Waals surface area contributed by atoms with Crippen LogP contribution in [-0.2, 0) is 6.42 Å². The van der Waals surface area contributed by atoms with Crippen LogP contribution in [0.2, 0.25) is 0 Å². The van der Waals surface area contributed by atoms with E-state index in [0.29, 0.717) is 24.4 Å². The van der Waals surface area contributed by atoms with E-state index in [1.807, 2.05) is 6.92 Å². The van der Waals surface area contributed by atoms with Gasteiger partial charge in [0.05, 0.1) is 19.3 Å². The van der Waals surface area contributed by atoms with E-state index in [1.165, 1.54) is 13.2 Å². The molecular weight excluding hydrogens is 196 g/mol. The summed E-state index contributed by atoms with van der Waals surface area (Å²) in [5.41, 5.74) is 0.325. The molecule has 1 N–H and O–H groups in total. The van der Waals surface area contributed by atoms with Crippen molar-refractivity contribution < 1.29 is 14.3 Å². The highest BCUT2D eigenvalue weighted by molar-refractivity contribution is 5.34. The summed E-state index contributed by atoms with van der Waals surface area (Å²) < 4.78 is 10.0. The highest BCUT2D eigenvalue weighted by Gasteiger charge is 2.13. The van der Waals surface area contributed by atoms with Gasteiger partial charge in [0.1, 0.15) is 11.5 Å². The van der Waals surface area contributed by atoms with E-state index >= 15 is 0 Å². The molecule has 1 heterocycles. The first-order valence-electron chi connectivity index (χ1n) is 4.94. The van der Waals surface area contributed by atoms with Gasteiger partial charge in [0, 0.05) is 12.0 Å². The van der Waals surface area contributed by atoms with Crippen molar-refractivity contribution in [3.05, 3.63) is 27.8 Å². The van der Waals surface area contributed by atoms with Crippen molar-refractivity contribution in [1.29, 1.82) is 0 Å². The lowest BCUT2D eigenvalue weighted by Crippen LogP contribution is -2.13. The predicted molar refractivity (Wildman–Crippen MR) is 56.3 cm³/mol. The van der Waals surface area contributed by atoms with Crippen LogP contribution in [0.5, 0.6) is 5.75 Å². The third-order valence-corrected chi connectivity index (χ3v) is 2.36. The van der Waals surface area contributed by atoms with Crippen LogP contribution in [-0.4, -0.2) is 18.3 Å². The molecule has 0 saturated heterocycles. The van der Waals surface area contributed by atoms with Crippen molar-refractivity contribution in [3.8, 4) is 5.75 Å². The highest BCUT2D eigenvalue weighted by atomic mass is 16.5. The summed E-state index contributed by atoms with van der Waals surface area (Å²) in [7, 11) is 1.50. The molecule has 0 saturated carbocycles. The minimum absolute atomic E-state index is 0.431. The first-order chi connectivity index (χ1) is 7.08. The smallest absolute Gasteiger partial charge is 0.339 e. The van der Waals surface area contributed by atoms with Crippen molar-refractivity contribution in [1.82, 2.24) is 0 Å². The third-order valence-electron chi connectivity index (χ3n) is 2.36. The monoisotopic (exact) mass is 212 g/mol. The Kier molecular flexibility index (Phi) is 3.91. The van der Waals surface area contributed by atoms with Gasteiger partial charge in [0.25, 0.3) is 0 Å². The van der Waals surface area contributed by atoms with E-state index in [4.69, 9.17) is 9.15 Å². The Morgan fingerprint density at radius 2 is 2.27 bits per heavy atom. The molecule has 0 radical (unpaired) electrons. The molecule has 1 rings (SSSR count). The second-order valence-corrected chi connectivity index (χ2v) is 3.43. The number of aliphatic hydroxyl groups excluding tert-OH is 1. The van der Waals surface area contributed by atoms with E-state index in [1.54, 1.807) is 6.92 Å². The second kappa shape index (κ2) is 4.98. The zero-order valence-electron chi connectivity index (χ0n) is 9.24. The van der Waals surface area contributed by atoms with Crippen molar-refractivity contribution in [2.45, 2.75) is 32.8 Å². The lowest BCUT2D eigenvalue weighted by atomic mass is 10.1. The number of aliphatic hydroxyl groups is 1. The Balaban J connectivity index is 3.09. The van der Waals surface area contributed by atoms with E-state index in [2.05, 4.69) is 0 Å². The van der Waals surface area contributed by atoms with Crippen LogP contribution in [0.4, 0.5) is 0 Å². The maximum Gasteiger partial charge on any atom is 0.339 e. The van der Waals surface area contributed by atoms with Crippen LogP contribution in [0.1, 0.15) is 24.7 Å². The van der Waals surface area contributed by atoms with E-state index in [9.17, 15) is 9.90 Å². The zero-order chi connectivity index (χ0) is 11.4. The minimum atomic E-state index is -0.440. The summed E-state index contributed by atoms with van der Waals surface area (Å²) in [6.45, 7) is 3.59. The number of aryl methyl sites for hydroxylation is 1. The minimum Gasteiger partial charge on any atom is -0.496 e. The summed E-state index contributed by atoms with van der Waals surface area (Å²) >= 11 is 0. The van der Waals surface area contributed by atoms with Crippen LogP contribution in [0, 0.1) is 6.92 Å². The van der Waals surface area contributed by atoms with Gasteiger partial charge < -0.3 is 14.3 Å². The molecule has 4 nitrogen and oxygen atoms in total. The Bertz CT molecular complexity index is 381. The fourth-order valence-corrected chi connectivity index (χ4v) is 1.42. The molecule has 0 aliphatic carbocycles. The summed E-state index contributed by atoms with van der Waals surface area (Å²) in [5, 5.41) is 9.55. The molecule has 4 heteroatoms. The zero-order valence-corrected chi connectivity index (χ0v) is 9.24. The molecule has 1 aromatic heterocycles. The van der Waals surface area contributed by atoms with Crippen molar-refractivity contribution in [3.63, 3.8) is 0 Å². The van der Waals surface area contributed by atoms with E-state index < -0.39 is 11.7 Å². The van der Waals surface area contributed by atoms with Crippen LogP contribution in [0.25, 0.3) is 0 Å². The average molecular weight is 212 g/mol. The molecule has 84 valence electrons. The largest absolute Gasteiger partial charge is 0.496 e. The fraction of sp³-hybridized carbons (Fsp3) is 0.545. The summed E-state index contributed by atoms with van der Waals surface area (Å²) in [6, 6.07) is 1.30. The van der Waals surface area contributed by atoms with Gasteiger partial charge in [-0.2, -0.15) is 0 Å². The summed E-state index contributed by atoms with van der Waals surface area (Å²) in [4.78, 5) is 11.1. The molecule has 1 aromatic rings. The maximum atomic E-state index is 11.1. The normalized spacial score (nSPS) is 12.5. The number of ether oxygens (including phenoxy) is 1. The number of methoxy groups -OCH3 is 1. The Labute approximate surface area is 88.5 Å². The van der Waals surface area contributed by atoms with Gasteiger partial charge in [-0.3, -0.25) is 0 Å².